The zero-order valence-electron chi connectivity index (χ0n) is 19.7. The molecule has 0 unspecified atom stereocenters. The molecule has 1 saturated heterocycles. The van der Waals surface area contributed by atoms with Gasteiger partial charge >= 0.3 is 0 Å². The van der Waals surface area contributed by atoms with E-state index >= 15 is 0 Å². The van der Waals surface area contributed by atoms with Gasteiger partial charge in [0.25, 0.3) is 0 Å². The highest BCUT2D eigenvalue weighted by Gasteiger charge is 2.17. The van der Waals surface area contributed by atoms with Crippen LogP contribution in [0.4, 0.5) is 15.9 Å². The maximum atomic E-state index is 14.2. The third-order valence-electron chi connectivity index (χ3n) is 6.30. The smallest absolute Gasteiger partial charge is 0.166 e. The molecule has 0 aliphatic carbocycles. The van der Waals surface area contributed by atoms with E-state index in [0.29, 0.717) is 11.6 Å². The normalized spacial score (nSPS) is 14.5. The third kappa shape index (κ3) is 5.12. The number of morpholine rings is 1. The second-order valence-corrected chi connectivity index (χ2v) is 8.61. The van der Waals surface area contributed by atoms with Crippen molar-refractivity contribution in [3.05, 3.63) is 96.4 Å². The zero-order valence-corrected chi connectivity index (χ0v) is 19.7. The summed E-state index contributed by atoms with van der Waals surface area (Å²) < 4.78 is 25.9. The molecular formula is C29H28FN3O2. The molecule has 3 aromatic carbocycles. The minimum atomic E-state index is -0.441. The largest absolute Gasteiger partial charge is 0.482 e. The van der Waals surface area contributed by atoms with Crippen LogP contribution >= 0.6 is 0 Å². The van der Waals surface area contributed by atoms with E-state index in [9.17, 15) is 4.39 Å². The fourth-order valence-electron chi connectivity index (χ4n) is 4.40. The number of nitrogens with zero attached hydrogens (tertiary/aromatic N) is 2. The van der Waals surface area contributed by atoms with Gasteiger partial charge in [0.1, 0.15) is 11.9 Å². The van der Waals surface area contributed by atoms with Crippen LogP contribution in [0.1, 0.15) is 18.6 Å². The Kier molecular flexibility index (Phi) is 6.64. The monoisotopic (exact) mass is 469 g/mol. The van der Waals surface area contributed by atoms with E-state index in [1.165, 1.54) is 17.8 Å². The summed E-state index contributed by atoms with van der Waals surface area (Å²) in [5.74, 6) is 0.453. The van der Waals surface area contributed by atoms with Crippen molar-refractivity contribution < 1.29 is 13.9 Å². The van der Waals surface area contributed by atoms with E-state index in [-0.39, 0.29) is 5.82 Å². The highest BCUT2D eigenvalue weighted by atomic mass is 19.1. The molecule has 0 radical (unpaired) electrons. The first kappa shape index (κ1) is 22.9. The summed E-state index contributed by atoms with van der Waals surface area (Å²) in [7, 11) is 0. The highest BCUT2D eigenvalue weighted by molar-refractivity contribution is 5.70. The van der Waals surface area contributed by atoms with Gasteiger partial charge in [-0.05, 0) is 53.9 Å². The van der Waals surface area contributed by atoms with Gasteiger partial charge in [0, 0.05) is 36.1 Å². The molecule has 1 fully saturated rings. The summed E-state index contributed by atoms with van der Waals surface area (Å²) in [6.07, 6.45) is 1.30. The lowest BCUT2D eigenvalue weighted by molar-refractivity contribution is 0.122. The molecule has 1 atom stereocenters. The van der Waals surface area contributed by atoms with Gasteiger partial charge in [0.05, 0.1) is 13.2 Å². The number of rotatable bonds is 6. The lowest BCUT2D eigenvalue weighted by atomic mass is 9.96. The van der Waals surface area contributed by atoms with Gasteiger partial charge in [-0.3, -0.25) is 0 Å². The summed E-state index contributed by atoms with van der Waals surface area (Å²) in [5.41, 5.74) is 11.9. The molecule has 2 heterocycles. The van der Waals surface area contributed by atoms with Crippen molar-refractivity contribution in [1.29, 1.82) is 0 Å². The van der Waals surface area contributed by atoms with Crippen molar-refractivity contribution in [1.82, 2.24) is 4.98 Å². The maximum absolute atomic E-state index is 14.2. The predicted octanol–water partition coefficient (Wildman–Crippen LogP) is 6.11. The Morgan fingerprint density at radius 1 is 0.914 bits per heavy atom. The number of hydrogen-bond donors (Lipinski definition) is 1. The van der Waals surface area contributed by atoms with Crippen LogP contribution in [-0.4, -0.2) is 31.3 Å². The van der Waals surface area contributed by atoms with E-state index in [1.807, 2.05) is 43.3 Å². The molecular weight excluding hydrogens is 441 g/mol. The Balaban J connectivity index is 1.40. The van der Waals surface area contributed by atoms with Crippen molar-refractivity contribution in [3.63, 3.8) is 0 Å². The number of ether oxygens (including phenoxy) is 2. The standard InChI is InChI=1S/C29H28FN3O2/c1-20(27-18-24(30)9-12-26(27)22-5-3-2-4-6-22)35-28-17-23(19-32-29(28)31)21-7-10-25(11-8-21)33-13-15-34-16-14-33/h2-12,17-20H,13-16H2,1H3,(H2,31,32)/t20-/m1/s1. The van der Waals surface area contributed by atoms with Crippen LogP contribution < -0.4 is 15.4 Å². The van der Waals surface area contributed by atoms with E-state index in [4.69, 9.17) is 15.2 Å². The molecule has 1 aromatic heterocycles. The van der Waals surface area contributed by atoms with Crippen LogP contribution in [0.3, 0.4) is 0 Å². The van der Waals surface area contributed by atoms with Gasteiger partial charge in [-0.15, -0.1) is 0 Å². The fourth-order valence-corrected chi connectivity index (χ4v) is 4.40. The molecule has 178 valence electrons. The molecule has 0 amide bonds. The van der Waals surface area contributed by atoms with Crippen molar-refractivity contribution >= 4 is 11.5 Å². The van der Waals surface area contributed by atoms with Crippen LogP contribution in [0.25, 0.3) is 22.3 Å². The number of nitrogens with two attached hydrogens (primary N) is 1. The van der Waals surface area contributed by atoms with E-state index < -0.39 is 6.10 Å². The second kappa shape index (κ2) is 10.2. The average molecular weight is 470 g/mol. The molecule has 4 aromatic rings. The van der Waals surface area contributed by atoms with E-state index in [2.05, 4.69) is 34.1 Å². The number of anilines is 2. The molecule has 0 saturated carbocycles. The van der Waals surface area contributed by atoms with Gasteiger partial charge in [-0.25, -0.2) is 9.37 Å². The van der Waals surface area contributed by atoms with E-state index in [1.54, 1.807) is 12.3 Å². The molecule has 5 rings (SSSR count). The molecule has 1 aliphatic rings. The van der Waals surface area contributed by atoms with Crippen molar-refractivity contribution in [2.24, 2.45) is 0 Å². The lowest BCUT2D eigenvalue weighted by Crippen LogP contribution is -2.36. The van der Waals surface area contributed by atoms with Gasteiger partial charge < -0.3 is 20.1 Å². The van der Waals surface area contributed by atoms with Crippen LogP contribution in [0.15, 0.2) is 85.1 Å². The highest BCUT2D eigenvalue weighted by Crippen LogP contribution is 2.35. The van der Waals surface area contributed by atoms with E-state index in [0.717, 1.165) is 54.1 Å². The van der Waals surface area contributed by atoms with Gasteiger partial charge in [-0.1, -0.05) is 48.5 Å². The third-order valence-corrected chi connectivity index (χ3v) is 6.30. The van der Waals surface area contributed by atoms with Crippen molar-refractivity contribution in [2.75, 3.05) is 36.9 Å². The minimum absolute atomic E-state index is 0.295. The molecule has 0 bridgehead atoms. The molecule has 35 heavy (non-hydrogen) atoms. The summed E-state index contributed by atoms with van der Waals surface area (Å²) in [4.78, 5) is 6.68. The van der Waals surface area contributed by atoms with Crippen LogP contribution in [0.5, 0.6) is 5.75 Å². The molecule has 5 nitrogen and oxygen atoms in total. The number of nitrogen functional groups attached to an aromatic ring is 1. The topological polar surface area (TPSA) is 60.6 Å². The van der Waals surface area contributed by atoms with Crippen LogP contribution in [0, 0.1) is 5.82 Å². The first-order valence-corrected chi connectivity index (χ1v) is 11.8. The minimum Gasteiger partial charge on any atom is -0.482 e. The molecule has 1 aliphatic heterocycles. The van der Waals surface area contributed by atoms with Crippen LogP contribution in [0.2, 0.25) is 0 Å². The summed E-state index contributed by atoms with van der Waals surface area (Å²) >= 11 is 0. The number of benzene rings is 3. The first-order valence-electron chi connectivity index (χ1n) is 11.8. The van der Waals surface area contributed by atoms with Gasteiger partial charge in [-0.2, -0.15) is 0 Å². The Labute approximate surface area is 204 Å². The number of pyridine rings is 1. The predicted molar refractivity (Wildman–Crippen MR) is 138 cm³/mol. The van der Waals surface area contributed by atoms with Gasteiger partial charge in [0.15, 0.2) is 11.6 Å². The Morgan fingerprint density at radius 3 is 2.40 bits per heavy atom. The Morgan fingerprint density at radius 2 is 1.66 bits per heavy atom. The lowest BCUT2D eigenvalue weighted by Gasteiger charge is -2.28. The van der Waals surface area contributed by atoms with Crippen molar-refractivity contribution in [3.8, 4) is 28.0 Å². The second-order valence-electron chi connectivity index (χ2n) is 8.61. The summed E-state index contributed by atoms with van der Waals surface area (Å²) in [5, 5.41) is 0. The zero-order chi connectivity index (χ0) is 24.2. The average Bonchev–Trinajstić information content (AvgIpc) is 2.91. The van der Waals surface area contributed by atoms with Crippen LogP contribution in [-0.2, 0) is 4.74 Å². The summed E-state index contributed by atoms with van der Waals surface area (Å²) in [6, 6.07) is 24.9. The summed E-state index contributed by atoms with van der Waals surface area (Å²) in [6.45, 7) is 5.18. The molecule has 0 spiro atoms. The SMILES string of the molecule is C[C@@H](Oc1cc(-c2ccc(N3CCOCC3)cc2)cnc1N)c1cc(F)ccc1-c1ccccc1. The Bertz CT molecular complexity index is 1290. The Hall–Kier alpha value is -3.90. The molecule has 6 heteroatoms. The number of aromatic nitrogens is 1. The first-order chi connectivity index (χ1) is 17.1. The fraction of sp³-hybridized carbons (Fsp3) is 0.207. The number of halogens is 1. The number of hydrogen-bond acceptors (Lipinski definition) is 5. The quantitative estimate of drug-likeness (QED) is 0.369. The maximum Gasteiger partial charge on any atom is 0.166 e. The van der Waals surface area contributed by atoms with Gasteiger partial charge in [0.2, 0.25) is 0 Å². The molecule has 2 N–H and O–H groups in total. The van der Waals surface area contributed by atoms with Crippen molar-refractivity contribution in [2.45, 2.75) is 13.0 Å².